The van der Waals surface area contributed by atoms with Crippen molar-refractivity contribution in [1.82, 2.24) is 4.90 Å². The third kappa shape index (κ3) is 3.44. The third-order valence-corrected chi connectivity index (χ3v) is 3.62. The molecule has 3 N–H and O–H groups in total. The normalized spacial score (nSPS) is 21.8. The van der Waals surface area contributed by atoms with Crippen molar-refractivity contribution in [3.8, 4) is 11.5 Å². The third-order valence-electron chi connectivity index (χ3n) is 3.62. The summed E-state index contributed by atoms with van der Waals surface area (Å²) in [6.07, 6.45) is 0.324. The largest absolute Gasteiger partial charge is 0.504 e. The summed E-state index contributed by atoms with van der Waals surface area (Å²) in [5, 5.41) is 9.71. The second kappa shape index (κ2) is 6.04. The van der Waals surface area contributed by atoms with E-state index in [0.717, 1.165) is 5.56 Å². The molecule has 0 saturated carbocycles. The lowest BCUT2D eigenvalue weighted by molar-refractivity contribution is 0.0218. The Kier molecular flexibility index (Phi) is 4.51. The molecule has 0 bridgehead atoms. The van der Waals surface area contributed by atoms with E-state index in [1.807, 2.05) is 20.8 Å². The van der Waals surface area contributed by atoms with Crippen LogP contribution in [-0.4, -0.2) is 41.4 Å². The maximum Gasteiger partial charge on any atom is 0.410 e. The van der Waals surface area contributed by atoms with Gasteiger partial charge >= 0.3 is 6.09 Å². The zero-order valence-electron chi connectivity index (χ0n) is 13.5. The van der Waals surface area contributed by atoms with Gasteiger partial charge < -0.3 is 20.3 Å². The minimum atomic E-state index is -0.555. The Bertz CT molecular complexity index is 554. The van der Waals surface area contributed by atoms with Gasteiger partial charge in [-0.2, -0.15) is 0 Å². The molecular weight excluding hydrogens is 284 g/mol. The molecule has 1 saturated heterocycles. The highest BCUT2D eigenvalue weighted by molar-refractivity contribution is 5.69. The molecule has 1 aliphatic rings. The lowest BCUT2D eigenvalue weighted by Gasteiger charge is -2.30. The summed E-state index contributed by atoms with van der Waals surface area (Å²) in [4.78, 5) is 14.0. The number of hydrogen-bond donors (Lipinski definition) is 2. The van der Waals surface area contributed by atoms with Gasteiger partial charge in [0, 0.05) is 12.6 Å². The van der Waals surface area contributed by atoms with Crippen molar-refractivity contribution in [2.75, 3.05) is 13.7 Å². The number of benzene rings is 1. The van der Waals surface area contributed by atoms with E-state index < -0.39 is 5.60 Å². The van der Waals surface area contributed by atoms with Gasteiger partial charge in [0.2, 0.25) is 0 Å². The number of aromatic hydroxyl groups is 1. The van der Waals surface area contributed by atoms with E-state index in [0.29, 0.717) is 18.7 Å². The monoisotopic (exact) mass is 308 g/mol. The highest BCUT2D eigenvalue weighted by atomic mass is 16.6. The van der Waals surface area contributed by atoms with E-state index in [9.17, 15) is 9.90 Å². The van der Waals surface area contributed by atoms with E-state index in [4.69, 9.17) is 15.2 Å². The lowest BCUT2D eigenvalue weighted by Crippen LogP contribution is -2.39. The molecule has 1 heterocycles. The average molecular weight is 308 g/mol. The molecule has 1 amide bonds. The van der Waals surface area contributed by atoms with Crippen LogP contribution < -0.4 is 10.5 Å². The number of methoxy groups -OCH3 is 1. The van der Waals surface area contributed by atoms with Crippen LogP contribution in [0.25, 0.3) is 0 Å². The summed E-state index contributed by atoms with van der Waals surface area (Å²) in [5.74, 6) is 0.419. The molecule has 0 aliphatic carbocycles. The zero-order chi connectivity index (χ0) is 16.5. The Labute approximate surface area is 130 Å². The van der Waals surface area contributed by atoms with Crippen LogP contribution in [0.3, 0.4) is 0 Å². The first-order valence-corrected chi connectivity index (χ1v) is 7.35. The van der Waals surface area contributed by atoms with Crippen LogP contribution in [0.5, 0.6) is 11.5 Å². The topological polar surface area (TPSA) is 85.0 Å². The summed E-state index contributed by atoms with van der Waals surface area (Å²) in [7, 11) is 1.49. The second-order valence-corrected chi connectivity index (χ2v) is 6.50. The van der Waals surface area contributed by atoms with Crippen LogP contribution in [0, 0.1) is 0 Å². The van der Waals surface area contributed by atoms with Crippen LogP contribution >= 0.6 is 0 Å². The van der Waals surface area contributed by atoms with Gasteiger partial charge in [-0.3, -0.25) is 4.90 Å². The molecule has 2 rings (SSSR count). The number of phenolic OH excluding ortho intramolecular Hbond substituents is 1. The van der Waals surface area contributed by atoms with Gasteiger partial charge in [-0.25, -0.2) is 4.79 Å². The standard InChI is InChI=1S/C16H24N2O4/c1-16(2,3)22-15(20)18-8-7-11(17)14(18)10-5-6-12(19)13(9-10)21-4/h5-6,9,11,14,19H,7-8,17H2,1-4H3/t11-,14+/m1/s1. The number of likely N-dealkylation sites (tertiary alicyclic amines) is 1. The minimum Gasteiger partial charge on any atom is -0.504 e. The van der Waals surface area contributed by atoms with E-state index >= 15 is 0 Å². The summed E-state index contributed by atoms with van der Waals surface area (Å²) in [5.41, 5.74) is 6.45. The molecule has 1 aromatic rings. The van der Waals surface area contributed by atoms with Gasteiger partial charge in [-0.1, -0.05) is 6.07 Å². The molecule has 1 fully saturated rings. The quantitative estimate of drug-likeness (QED) is 0.876. The lowest BCUT2D eigenvalue weighted by atomic mass is 10.0. The van der Waals surface area contributed by atoms with Gasteiger partial charge in [-0.05, 0) is 44.9 Å². The number of nitrogens with two attached hydrogens (primary N) is 1. The summed E-state index contributed by atoms with van der Waals surface area (Å²) < 4.78 is 10.6. The molecular formula is C16H24N2O4. The Morgan fingerprint density at radius 2 is 2.09 bits per heavy atom. The highest BCUT2D eigenvalue weighted by Crippen LogP contribution is 2.36. The average Bonchev–Trinajstić information content (AvgIpc) is 2.79. The number of carbonyl (C=O) groups excluding carboxylic acids is 1. The molecule has 6 heteroatoms. The molecule has 122 valence electrons. The van der Waals surface area contributed by atoms with Crippen molar-refractivity contribution < 1.29 is 19.4 Å². The van der Waals surface area contributed by atoms with Gasteiger partial charge in [0.15, 0.2) is 11.5 Å². The predicted octanol–water partition coefficient (Wildman–Crippen LogP) is 2.41. The first-order valence-electron chi connectivity index (χ1n) is 7.35. The number of carbonyl (C=O) groups is 1. The first-order chi connectivity index (χ1) is 10.2. The molecule has 0 spiro atoms. The van der Waals surface area contributed by atoms with Crippen molar-refractivity contribution in [2.45, 2.75) is 44.9 Å². The molecule has 1 aromatic carbocycles. The van der Waals surface area contributed by atoms with Crippen LogP contribution in [0.1, 0.15) is 38.8 Å². The Morgan fingerprint density at radius 3 is 2.68 bits per heavy atom. The fourth-order valence-electron chi connectivity index (χ4n) is 2.65. The second-order valence-electron chi connectivity index (χ2n) is 6.50. The smallest absolute Gasteiger partial charge is 0.410 e. The molecule has 22 heavy (non-hydrogen) atoms. The summed E-state index contributed by atoms with van der Waals surface area (Å²) in [6.45, 7) is 6.04. The van der Waals surface area contributed by atoms with Gasteiger partial charge in [0.25, 0.3) is 0 Å². The van der Waals surface area contributed by atoms with Crippen molar-refractivity contribution in [3.63, 3.8) is 0 Å². The van der Waals surface area contributed by atoms with Gasteiger partial charge in [0.05, 0.1) is 13.2 Å². The van der Waals surface area contributed by atoms with Crippen molar-refractivity contribution >= 4 is 6.09 Å². The van der Waals surface area contributed by atoms with Gasteiger partial charge in [-0.15, -0.1) is 0 Å². The van der Waals surface area contributed by atoms with Crippen molar-refractivity contribution in [3.05, 3.63) is 23.8 Å². The molecule has 0 aromatic heterocycles. The van der Waals surface area contributed by atoms with Gasteiger partial charge in [0.1, 0.15) is 5.60 Å². The summed E-state index contributed by atoms with van der Waals surface area (Å²) in [6, 6.07) is 4.55. The minimum absolute atomic E-state index is 0.0571. The Hall–Kier alpha value is -1.95. The molecule has 6 nitrogen and oxygen atoms in total. The number of nitrogens with zero attached hydrogens (tertiary/aromatic N) is 1. The van der Waals surface area contributed by atoms with E-state index in [2.05, 4.69) is 0 Å². The Morgan fingerprint density at radius 1 is 1.41 bits per heavy atom. The first kappa shape index (κ1) is 16.4. The number of phenols is 1. The van der Waals surface area contributed by atoms with Crippen molar-refractivity contribution in [2.24, 2.45) is 5.73 Å². The zero-order valence-corrected chi connectivity index (χ0v) is 13.5. The van der Waals surface area contributed by atoms with E-state index in [1.165, 1.54) is 7.11 Å². The SMILES string of the molecule is COc1cc([C@H]2[C@H](N)CCN2C(=O)OC(C)(C)C)ccc1O. The fraction of sp³-hybridized carbons (Fsp3) is 0.562. The van der Waals surface area contributed by atoms with Crippen LogP contribution in [0.4, 0.5) is 4.79 Å². The van der Waals surface area contributed by atoms with Crippen LogP contribution in [0.15, 0.2) is 18.2 Å². The predicted molar refractivity (Wildman–Crippen MR) is 82.9 cm³/mol. The number of amides is 1. The van der Waals surface area contributed by atoms with E-state index in [1.54, 1.807) is 23.1 Å². The highest BCUT2D eigenvalue weighted by Gasteiger charge is 2.38. The maximum absolute atomic E-state index is 12.4. The van der Waals surface area contributed by atoms with Crippen molar-refractivity contribution in [1.29, 1.82) is 0 Å². The molecule has 1 aliphatic heterocycles. The number of rotatable bonds is 2. The summed E-state index contributed by atoms with van der Waals surface area (Å²) >= 11 is 0. The number of hydrogen-bond acceptors (Lipinski definition) is 5. The number of ether oxygens (including phenoxy) is 2. The van der Waals surface area contributed by atoms with Crippen LogP contribution in [0.2, 0.25) is 0 Å². The van der Waals surface area contributed by atoms with E-state index in [-0.39, 0.29) is 23.9 Å². The Balaban J connectivity index is 2.28. The maximum atomic E-state index is 12.4. The molecule has 0 radical (unpaired) electrons. The van der Waals surface area contributed by atoms with Crippen LogP contribution in [-0.2, 0) is 4.74 Å². The molecule has 2 atom stereocenters. The fourth-order valence-corrected chi connectivity index (χ4v) is 2.65. The molecule has 0 unspecified atom stereocenters.